The van der Waals surface area contributed by atoms with Crippen LogP contribution in [-0.2, 0) is 9.47 Å². The first kappa shape index (κ1) is 20.4. The molecule has 0 aliphatic rings. The van der Waals surface area contributed by atoms with Gasteiger partial charge in [-0.15, -0.1) is 0 Å². The summed E-state index contributed by atoms with van der Waals surface area (Å²) >= 11 is 0. The van der Waals surface area contributed by atoms with Gasteiger partial charge in [-0.25, -0.2) is 9.59 Å². The Labute approximate surface area is 146 Å². The second-order valence-electron chi connectivity index (χ2n) is 7.52. The lowest BCUT2D eigenvalue weighted by molar-refractivity contribution is -0.385. The zero-order valence-corrected chi connectivity index (χ0v) is 15.6. The number of carbonyl (C=O) groups excluding carboxylic acids is 2. The van der Waals surface area contributed by atoms with Crippen LogP contribution in [0.25, 0.3) is 0 Å². The van der Waals surface area contributed by atoms with Gasteiger partial charge in [0.2, 0.25) is 0 Å². The number of aryl methyl sites for hydroxylation is 1. The van der Waals surface area contributed by atoms with Gasteiger partial charge in [0.05, 0.1) is 10.6 Å². The van der Waals surface area contributed by atoms with Crippen LogP contribution < -0.4 is 4.90 Å². The fraction of sp³-hybridized carbons (Fsp3) is 0.529. The van der Waals surface area contributed by atoms with Gasteiger partial charge in [-0.2, -0.15) is 4.90 Å². The van der Waals surface area contributed by atoms with E-state index in [1.807, 2.05) is 0 Å². The average molecular weight is 352 g/mol. The summed E-state index contributed by atoms with van der Waals surface area (Å²) in [5.41, 5.74) is -1.51. The van der Waals surface area contributed by atoms with Gasteiger partial charge in [0.1, 0.15) is 11.2 Å². The number of carbonyl (C=O) groups is 2. The van der Waals surface area contributed by atoms with E-state index in [1.165, 1.54) is 12.1 Å². The van der Waals surface area contributed by atoms with Crippen molar-refractivity contribution in [1.82, 2.24) is 0 Å². The largest absolute Gasteiger partial charge is 0.443 e. The molecule has 0 unspecified atom stereocenters. The van der Waals surface area contributed by atoms with Crippen LogP contribution in [-0.4, -0.2) is 28.3 Å². The number of ether oxygens (including phenoxy) is 2. The predicted molar refractivity (Wildman–Crippen MR) is 92.8 cm³/mol. The summed E-state index contributed by atoms with van der Waals surface area (Å²) in [7, 11) is 0. The smallest absolute Gasteiger partial charge is 0.424 e. The van der Waals surface area contributed by atoms with Crippen molar-refractivity contribution in [2.45, 2.75) is 59.7 Å². The molecule has 8 heteroatoms. The van der Waals surface area contributed by atoms with Crippen LogP contribution in [0.2, 0.25) is 0 Å². The van der Waals surface area contributed by atoms with Crippen molar-refractivity contribution in [3.8, 4) is 0 Å². The van der Waals surface area contributed by atoms with Gasteiger partial charge >= 0.3 is 12.2 Å². The Morgan fingerprint density at radius 2 is 1.44 bits per heavy atom. The van der Waals surface area contributed by atoms with Crippen LogP contribution in [0, 0.1) is 17.0 Å². The molecule has 1 rings (SSSR count). The summed E-state index contributed by atoms with van der Waals surface area (Å²) in [4.78, 5) is 36.2. The molecule has 0 spiro atoms. The highest BCUT2D eigenvalue weighted by Gasteiger charge is 2.33. The Bertz CT molecular complexity index is 657. The SMILES string of the molecule is Cc1ccc(N(C(=O)OC(C)(C)C)C(=O)OC(C)(C)C)cc1[N+](=O)[O-]. The lowest BCUT2D eigenvalue weighted by Crippen LogP contribution is -2.43. The van der Waals surface area contributed by atoms with E-state index in [1.54, 1.807) is 48.5 Å². The summed E-state index contributed by atoms with van der Waals surface area (Å²) in [5.74, 6) is 0. The topological polar surface area (TPSA) is 99.0 Å². The third-order valence-electron chi connectivity index (χ3n) is 2.80. The number of nitro groups is 1. The second kappa shape index (κ2) is 7.08. The van der Waals surface area contributed by atoms with Crippen molar-refractivity contribution in [2.75, 3.05) is 4.90 Å². The van der Waals surface area contributed by atoms with Crippen molar-refractivity contribution >= 4 is 23.6 Å². The van der Waals surface area contributed by atoms with Crippen molar-refractivity contribution in [3.05, 3.63) is 33.9 Å². The Balaban J connectivity index is 3.36. The third kappa shape index (κ3) is 6.06. The summed E-state index contributed by atoms with van der Waals surface area (Å²) in [5, 5.41) is 11.1. The van der Waals surface area contributed by atoms with Crippen molar-refractivity contribution < 1.29 is 24.0 Å². The summed E-state index contributed by atoms with van der Waals surface area (Å²) < 4.78 is 10.5. The van der Waals surface area contributed by atoms with Gasteiger partial charge in [-0.1, -0.05) is 6.07 Å². The maximum atomic E-state index is 12.5. The first-order valence-corrected chi connectivity index (χ1v) is 7.72. The van der Waals surface area contributed by atoms with E-state index in [0.717, 1.165) is 6.07 Å². The van der Waals surface area contributed by atoms with Gasteiger partial charge in [0, 0.05) is 11.6 Å². The number of hydrogen-bond donors (Lipinski definition) is 0. The molecular formula is C17H24N2O6. The number of anilines is 1. The minimum Gasteiger partial charge on any atom is -0.443 e. The molecule has 1 aromatic rings. The molecule has 0 bridgehead atoms. The van der Waals surface area contributed by atoms with Gasteiger partial charge in [0.25, 0.3) is 5.69 Å². The van der Waals surface area contributed by atoms with Crippen LogP contribution >= 0.6 is 0 Å². The average Bonchev–Trinajstić information content (AvgIpc) is 2.36. The molecule has 0 fully saturated rings. The lowest BCUT2D eigenvalue weighted by Gasteiger charge is -2.28. The number of imide groups is 1. The van der Waals surface area contributed by atoms with Crippen LogP contribution in [0.5, 0.6) is 0 Å². The molecule has 138 valence electrons. The molecule has 8 nitrogen and oxygen atoms in total. The van der Waals surface area contributed by atoms with E-state index in [2.05, 4.69) is 0 Å². The Morgan fingerprint density at radius 3 is 1.80 bits per heavy atom. The summed E-state index contributed by atoms with van der Waals surface area (Å²) in [6.45, 7) is 11.5. The molecule has 25 heavy (non-hydrogen) atoms. The maximum absolute atomic E-state index is 12.5. The van der Waals surface area contributed by atoms with E-state index in [9.17, 15) is 19.7 Å². The minimum absolute atomic E-state index is 0.000741. The number of hydrogen-bond acceptors (Lipinski definition) is 6. The minimum atomic E-state index is -0.972. The van der Waals surface area contributed by atoms with Gasteiger partial charge in [-0.05, 0) is 54.5 Å². The highest BCUT2D eigenvalue weighted by molar-refractivity contribution is 6.09. The second-order valence-corrected chi connectivity index (χ2v) is 7.52. The molecule has 0 saturated carbocycles. The van der Waals surface area contributed by atoms with Crippen molar-refractivity contribution in [1.29, 1.82) is 0 Å². The highest BCUT2D eigenvalue weighted by Crippen LogP contribution is 2.27. The molecule has 0 N–H and O–H groups in total. The lowest BCUT2D eigenvalue weighted by atomic mass is 10.1. The molecule has 0 aromatic heterocycles. The normalized spacial score (nSPS) is 11.6. The number of benzene rings is 1. The first-order valence-electron chi connectivity index (χ1n) is 7.72. The number of nitro benzene ring substituents is 1. The zero-order valence-electron chi connectivity index (χ0n) is 15.6. The fourth-order valence-electron chi connectivity index (χ4n) is 1.83. The van der Waals surface area contributed by atoms with Gasteiger partial charge in [-0.3, -0.25) is 10.1 Å². The van der Waals surface area contributed by atoms with Gasteiger partial charge in [0.15, 0.2) is 0 Å². The molecule has 2 amide bonds. The van der Waals surface area contributed by atoms with Crippen molar-refractivity contribution in [3.63, 3.8) is 0 Å². The van der Waals surface area contributed by atoms with Crippen LogP contribution in [0.1, 0.15) is 47.1 Å². The van der Waals surface area contributed by atoms with Crippen LogP contribution in [0.15, 0.2) is 18.2 Å². The maximum Gasteiger partial charge on any atom is 0.424 e. The van der Waals surface area contributed by atoms with E-state index in [0.29, 0.717) is 10.5 Å². The van der Waals surface area contributed by atoms with Crippen LogP contribution in [0.4, 0.5) is 21.0 Å². The Hall–Kier alpha value is -2.64. The van der Waals surface area contributed by atoms with Crippen molar-refractivity contribution in [2.24, 2.45) is 0 Å². The quantitative estimate of drug-likeness (QED) is 0.570. The van der Waals surface area contributed by atoms with E-state index < -0.39 is 28.3 Å². The number of rotatable bonds is 2. The Kier molecular flexibility index (Phi) is 5.78. The highest BCUT2D eigenvalue weighted by atomic mass is 16.6. The molecule has 0 aliphatic heterocycles. The standard InChI is InChI=1S/C17H24N2O6/c1-11-8-9-12(10-13(11)19(22)23)18(14(20)24-16(2,3)4)15(21)25-17(5,6)7/h8-10H,1-7H3. The monoisotopic (exact) mass is 352 g/mol. The number of amides is 2. The number of nitrogens with zero attached hydrogens (tertiary/aromatic N) is 2. The predicted octanol–water partition coefficient (Wildman–Crippen LogP) is 4.58. The van der Waals surface area contributed by atoms with Crippen LogP contribution in [0.3, 0.4) is 0 Å². The fourth-order valence-corrected chi connectivity index (χ4v) is 1.83. The molecule has 0 heterocycles. The zero-order chi connectivity index (χ0) is 19.6. The molecular weight excluding hydrogens is 328 g/mol. The van der Waals surface area contributed by atoms with E-state index in [4.69, 9.17) is 9.47 Å². The molecule has 1 aromatic carbocycles. The summed E-state index contributed by atoms with van der Waals surface area (Å²) in [6, 6.07) is 4.02. The van der Waals surface area contributed by atoms with E-state index in [-0.39, 0.29) is 11.4 Å². The molecule has 0 radical (unpaired) electrons. The summed E-state index contributed by atoms with van der Waals surface area (Å²) in [6.07, 6.45) is -1.94. The molecule has 0 atom stereocenters. The third-order valence-corrected chi connectivity index (χ3v) is 2.80. The van der Waals surface area contributed by atoms with E-state index >= 15 is 0 Å². The van der Waals surface area contributed by atoms with Gasteiger partial charge < -0.3 is 9.47 Å². The molecule has 0 saturated heterocycles. The molecule has 0 aliphatic carbocycles. The first-order chi connectivity index (χ1) is 11.2. The Morgan fingerprint density at radius 1 is 1.00 bits per heavy atom.